The predicted molar refractivity (Wildman–Crippen MR) is 91.7 cm³/mol. The molecular weight excluding hydrogens is 374 g/mol. The second-order valence-electron chi connectivity index (χ2n) is 6.04. The second kappa shape index (κ2) is 7.90. The van der Waals surface area contributed by atoms with Gasteiger partial charge in [-0.3, -0.25) is 9.69 Å². The molecule has 0 bridgehead atoms. The molecule has 1 atom stereocenters. The summed E-state index contributed by atoms with van der Waals surface area (Å²) in [5.74, 6) is 0.583. The molecule has 0 amide bonds. The molecule has 1 aromatic heterocycles. The van der Waals surface area contributed by atoms with E-state index in [4.69, 9.17) is 9.63 Å². The molecule has 6 nitrogen and oxygen atoms in total. The molecule has 1 saturated heterocycles. The first-order chi connectivity index (χ1) is 11.6. The van der Waals surface area contributed by atoms with Gasteiger partial charge in [0.1, 0.15) is 0 Å². The highest BCUT2D eigenvalue weighted by atomic mass is 79.9. The summed E-state index contributed by atoms with van der Waals surface area (Å²) in [6, 6.07) is 8.18. The van der Waals surface area contributed by atoms with Crippen LogP contribution in [0.4, 0.5) is 0 Å². The molecule has 0 spiro atoms. The molecule has 3 rings (SSSR count). The van der Waals surface area contributed by atoms with Crippen LogP contribution >= 0.6 is 15.9 Å². The molecule has 0 saturated carbocycles. The topological polar surface area (TPSA) is 79.5 Å². The number of likely N-dealkylation sites (tertiary alicyclic amines) is 1. The van der Waals surface area contributed by atoms with E-state index >= 15 is 0 Å². The average molecular weight is 394 g/mol. The van der Waals surface area contributed by atoms with E-state index in [2.05, 4.69) is 31.0 Å². The van der Waals surface area contributed by atoms with Crippen molar-refractivity contribution in [3.8, 4) is 0 Å². The van der Waals surface area contributed by atoms with E-state index in [-0.39, 0.29) is 12.5 Å². The molecule has 1 aliphatic rings. The Kier molecular flexibility index (Phi) is 5.63. The van der Waals surface area contributed by atoms with E-state index in [0.29, 0.717) is 24.6 Å². The summed E-state index contributed by atoms with van der Waals surface area (Å²) in [6.45, 7) is 1.70. The van der Waals surface area contributed by atoms with Crippen molar-refractivity contribution in [3.63, 3.8) is 0 Å². The number of aliphatic carboxylic acids is 1. The molecule has 1 aliphatic heterocycles. The quantitative estimate of drug-likeness (QED) is 0.775. The Balaban J connectivity index is 1.61. The Bertz CT molecular complexity index is 687. The minimum absolute atomic E-state index is 0.116. The minimum Gasteiger partial charge on any atom is -0.481 e. The van der Waals surface area contributed by atoms with Crippen molar-refractivity contribution in [2.45, 2.75) is 38.1 Å². The van der Waals surface area contributed by atoms with Crippen molar-refractivity contribution in [1.29, 1.82) is 0 Å². The summed E-state index contributed by atoms with van der Waals surface area (Å²) in [5, 5.41) is 12.9. The van der Waals surface area contributed by atoms with Crippen LogP contribution in [0.15, 0.2) is 33.3 Å². The SMILES string of the molecule is O=C(O)CCCN1CCCC1c1nc(Cc2ccc(Br)cc2)no1. The van der Waals surface area contributed by atoms with E-state index in [9.17, 15) is 4.79 Å². The maximum atomic E-state index is 10.7. The largest absolute Gasteiger partial charge is 0.481 e. The molecule has 1 unspecified atom stereocenters. The van der Waals surface area contributed by atoms with Gasteiger partial charge in [0, 0.05) is 17.3 Å². The first-order valence-corrected chi connectivity index (χ1v) is 8.94. The lowest BCUT2D eigenvalue weighted by molar-refractivity contribution is -0.137. The number of carboxylic acid groups (broad SMARTS) is 1. The third-order valence-electron chi connectivity index (χ3n) is 4.24. The van der Waals surface area contributed by atoms with Gasteiger partial charge in [0.15, 0.2) is 5.82 Å². The number of rotatable bonds is 7. The van der Waals surface area contributed by atoms with E-state index in [1.54, 1.807) is 0 Å². The third-order valence-corrected chi connectivity index (χ3v) is 4.77. The monoisotopic (exact) mass is 393 g/mol. The van der Waals surface area contributed by atoms with E-state index < -0.39 is 5.97 Å². The van der Waals surface area contributed by atoms with Crippen molar-refractivity contribution in [3.05, 3.63) is 46.0 Å². The van der Waals surface area contributed by atoms with Crippen molar-refractivity contribution >= 4 is 21.9 Å². The van der Waals surface area contributed by atoms with E-state index in [0.717, 1.165) is 36.0 Å². The Hall–Kier alpha value is -1.73. The molecule has 128 valence electrons. The standard InChI is InChI=1S/C17H20BrN3O3/c18-13-7-5-12(6-8-13)11-15-19-17(24-20-15)14-3-1-9-21(14)10-2-4-16(22)23/h5-8,14H,1-4,9-11H2,(H,22,23). The fraction of sp³-hybridized carbons (Fsp3) is 0.471. The van der Waals surface area contributed by atoms with Gasteiger partial charge in [-0.25, -0.2) is 0 Å². The molecule has 1 aromatic carbocycles. The molecule has 2 aromatic rings. The number of benzene rings is 1. The number of nitrogens with zero attached hydrogens (tertiary/aromatic N) is 3. The van der Waals surface area contributed by atoms with Crippen LogP contribution in [-0.4, -0.2) is 39.2 Å². The molecule has 2 heterocycles. The van der Waals surface area contributed by atoms with Gasteiger partial charge in [-0.1, -0.05) is 33.2 Å². The number of hydrogen-bond donors (Lipinski definition) is 1. The van der Waals surface area contributed by atoms with Crippen molar-refractivity contribution in [1.82, 2.24) is 15.0 Å². The number of halogens is 1. The minimum atomic E-state index is -0.750. The van der Waals surface area contributed by atoms with Crippen LogP contribution in [0.25, 0.3) is 0 Å². The van der Waals surface area contributed by atoms with Crippen molar-refractivity contribution < 1.29 is 14.4 Å². The molecular formula is C17H20BrN3O3. The first-order valence-electron chi connectivity index (χ1n) is 8.14. The van der Waals surface area contributed by atoms with Gasteiger partial charge in [0.25, 0.3) is 0 Å². The number of carboxylic acids is 1. The van der Waals surface area contributed by atoms with Gasteiger partial charge >= 0.3 is 5.97 Å². The Morgan fingerprint density at radius 3 is 2.92 bits per heavy atom. The smallest absolute Gasteiger partial charge is 0.303 e. The molecule has 7 heteroatoms. The maximum Gasteiger partial charge on any atom is 0.303 e. The maximum absolute atomic E-state index is 10.7. The third kappa shape index (κ3) is 4.42. The lowest BCUT2D eigenvalue weighted by Crippen LogP contribution is -2.25. The second-order valence-corrected chi connectivity index (χ2v) is 6.96. The summed E-state index contributed by atoms with van der Waals surface area (Å²) in [4.78, 5) is 17.5. The highest BCUT2D eigenvalue weighted by molar-refractivity contribution is 9.10. The average Bonchev–Trinajstić information content (AvgIpc) is 3.18. The van der Waals surface area contributed by atoms with Gasteiger partial charge < -0.3 is 9.63 Å². The van der Waals surface area contributed by atoms with Crippen LogP contribution in [0.5, 0.6) is 0 Å². The predicted octanol–water partition coefficient (Wildman–Crippen LogP) is 3.42. The number of hydrogen-bond acceptors (Lipinski definition) is 5. The van der Waals surface area contributed by atoms with Crippen LogP contribution in [0.3, 0.4) is 0 Å². The highest BCUT2D eigenvalue weighted by Crippen LogP contribution is 2.31. The fourth-order valence-electron chi connectivity index (χ4n) is 3.07. The highest BCUT2D eigenvalue weighted by Gasteiger charge is 2.30. The van der Waals surface area contributed by atoms with Crippen LogP contribution in [0.1, 0.15) is 49.0 Å². The van der Waals surface area contributed by atoms with Crippen LogP contribution in [-0.2, 0) is 11.2 Å². The summed E-state index contributed by atoms with van der Waals surface area (Å²) in [6.07, 6.45) is 3.53. The number of carbonyl (C=O) groups is 1. The van der Waals surface area contributed by atoms with Crippen LogP contribution in [0, 0.1) is 0 Å². The summed E-state index contributed by atoms with van der Waals surface area (Å²) < 4.78 is 6.52. The molecule has 0 aliphatic carbocycles. The van der Waals surface area contributed by atoms with Crippen molar-refractivity contribution in [2.24, 2.45) is 0 Å². The molecule has 24 heavy (non-hydrogen) atoms. The Labute approximate surface area is 149 Å². The van der Waals surface area contributed by atoms with Gasteiger partial charge in [0.2, 0.25) is 5.89 Å². The van der Waals surface area contributed by atoms with E-state index in [1.165, 1.54) is 0 Å². The Morgan fingerprint density at radius 1 is 1.38 bits per heavy atom. The normalized spacial score (nSPS) is 18.1. The summed E-state index contributed by atoms with van der Waals surface area (Å²) in [5.41, 5.74) is 1.13. The summed E-state index contributed by atoms with van der Waals surface area (Å²) >= 11 is 3.42. The first kappa shape index (κ1) is 17.1. The zero-order valence-corrected chi connectivity index (χ0v) is 14.9. The van der Waals surface area contributed by atoms with Gasteiger partial charge in [-0.05, 0) is 50.0 Å². The van der Waals surface area contributed by atoms with Gasteiger partial charge in [0.05, 0.1) is 6.04 Å². The molecule has 0 radical (unpaired) electrons. The van der Waals surface area contributed by atoms with Gasteiger partial charge in [-0.15, -0.1) is 0 Å². The zero-order chi connectivity index (χ0) is 16.9. The van der Waals surface area contributed by atoms with Gasteiger partial charge in [-0.2, -0.15) is 4.98 Å². The Morgan fingerprint density at radius 2 is 2.17 bits per heavy atom. The summed E-state index contributed by atoms with van der Waals surface area (Å²) in [7, 11) is 0. The van der Waals surface area contributed by atoms with Crippen LogP contribution in [0.2, 0.25) is 0 Å². The van der Waals surface area contributed by atoms with Crippen LogP contribution < -0.4 is 0 Å². The van der Waals surface area contributed by atoms with E-state index in [1.807, 2.05) is 24.3 Å². The number of aromatic nitrogens is 2. The molecule has 1 N–H and O–H groups in total. The molecule has 1 fully saturated rings. The fourth-order valence-corrected chi connectivity index (χ4v) is 3.33. The zero-order valence-electron chi connectivity index (χ0n) is 13.3. The van der Waals surface area contributed by atoms with Crippen molar-refractivity contribution in [2.75, 3.05) is 13.1 Å². The lowest BCUT2D eigenvalue weighted by atomic mass is 10.1. The lowest BCUT2D eigenvalue weighted by Gasteiger charge is -2.20.